The van der Waals surface area contributed by atoms with E-state index in [4.69, 9.17) is 5.73 Å². The SMILES string of the molecule is C=C/C=c1/c(S)ccc/c1=C/N. The molecule has 0 aromatic heterocycles. The number of hydrogen-bond acceptors (Lipinski definition) is 2. The van der Waals surface area contributed by atoms with Gasteiger partial charge in [-0.2, -0.15) is 0 Å². The average Bonchev–Trinajstić information content (AvgIpc) is 2.09. The summed E-state index contributed by atoms with van der Waals surface area (Å²) in [5.41, 5.74) is 5.44. The molecule has 0 fully saturated rings. The van der Waals surface area contributed by atoms with Crippen molar-refractivity contribution in [2.75, 3.05) is 0 Å². The van der Waals surface area contributed by atoms with Gasteiger partial charge in [-0.15, -0.1) is 12.6 Å². The van der Waals surface area contributed by atoms with Gasteiger partial charge in [0.25, 0.3) is 0 Å². The first-order valence-corrected chi connectivity index (χ1v) is 4.07. The van der Waals surface area contributed by atoms with E-state index >= 15 is 0 Å². The van der Waals surface area contributed by atoms with E-state index in [0.717, 1.165) is 15.3 Å². The number of thiol groups is 1. The van der Waals surface area contributed by atoms with Crippen LogP contribution in [0.25, 0.3) is 12.3 Å². The molecule has 62 valence electrons. The zero-order chi connectivity index (χ0) is 8.97. The monoisotopic (exact) mass is 177 g/mol. The highest BCUT2D eigenvalue weighted by Crippen LogP contribution is 1.93. The van der Waals surface area contributed by atoms with Crippen molar-refractivity contribution in [3.63, 3.8) is 0 Å². The van der Waals surface area contributed by atoms with Crippen LogP contribution in [0, 0.1) is 0 Å². The van der Waals surface area contributed by atoms with E-state index in [1.54, 1.807) is 12.3 Å². The summed E-state index contributed by atoms with van der Waals surface area (Å²) in [4.78, 5) is 0.911. The van der Waals surface area contributed by atoms with E-state index in [-0.39, 0.29) is 0 Å². The second-order valence-electron chi connectivity index (χ2n) is 2.35. The van der Waals surface area contributed by atoms with E-state index in [1.165, 1.54) is 0 Å². The molecule has 2 N–H and O–H groups in total. The van der Waals surface area contributed by atoms with Gasteiger partial charge in [-0.1, -0.05) is 30.9 Å². The van der Waals surface area contributed by atoms with E-state index < -0.39 is 0 Å². The molecule has 0 saturated carbocycles. The van der Waals surface area contributed by atoms with Crippen molar-refractivity contribution in [3.05, 3.63) is 41.3 Å². The number of hydrogen-bond donors (Lipinski definition) is 2. The van der Waals surface area contributed by atoms with Gasteiger partial charge in [-0.05, 0) is 16.5 Å². The first kappa shape index (κ1) is 8.94. The molecule has 0 heterocycles. The smallest absolute Gasteiger partial charge is 0.0119 e. The van der Waals surface area contributed by atoms with E-state index in [1.807, 2.05) is 24.3 Å². The summed E-state index contributed by atoms with van der Waals surface area (Å²) in [5, 5.41) is 1.99. The minimum Gasteiger partial charge on any atom is -0.404 e. The predicted molar refractivity (Wildman–Crippen MR) is 56.3 cm³/mol. The number of benzene rings is 1. The zero-order valence-electron chi connectivity index (χ0n) is 6.70. The van der Waals surface area contributed by atoms with Crippen LogP contribution in [-0.4, -0.2) is 0 Å². The molecular weight excluding hydrogens is 166 g/mol. The second-order valence-corrected chi connectivity index (χ2v) is 2.83. The van der Waals surface area contributed by atoms with Crippen LogP contribution >= 0.6 is 12.6 Å². The van der Waals surface area contributed by atoms with Gasteiger partial charge in [0.05, 0.1) is 0 Å². The van der Waals surface area contributed by atoms with Crippen molar-refractivity contribution < 1.29 is 0 Å². The average molecular weight is 177 g/mol. The standard InChI is InChI=1S/C10H11NS/c1-2-4-9-8(7-11)5-3-6-10(9)12/h2-7,12H,1,11H2/b8-7-,9-4+. The lowest BCUT2D eigenvalue weighted by molar-refractivity contribution is 1.34. The van der Waals surface area contributed by atoms with Crippen LogP contribution in [0.1, 0.15) is 0 Å². The lowest BCUT2D eigenvalue weighted by Crippen LogP contribution is -2.26. The molecule has 0 aliphatic heterocycles. The zero-order valence-corrected chi connectivity index (χ0v) is 7.59. The van der Waals surface area contributed by atoms with Crippen LogP contribution < -0.4 is 16.2 Å². The summed E-state index contributed by atoms with van der Waals surface area (Å²) in [6.07, 6.45) is 5.18. The summed E-state index contributed by atoms with van der Waals surface area (Å²) in [6.45, 7) is 3.63. The molecule has 0 unspecified atom stereocenters. The Kier molecular flexibility index (Phi) is 3.00. The molecule has 1 aromatic rings. The van der Waals surface area contributed by atoms with Crippen LogP contribution in [0.2, 0.25) is 0 Å². The van der Waals surface area contributed by atoms with Crippen molar-refractivity contribution in [2.24, 2.45) is 5.73 Å². The van der Waals surface area contributed by atoms with Crippen molar-refractivity contribution in [1.82, 2.24) is 0 Å². The largest absolute Gasteiger partial charge is 0.404 e. The molecule has 1 rings (SSSR count). The third kappa shape index (κ3) is 1.71. The fourth-order valence-electron chi connectivity index (χ4n) is 1.02. The third-order valence-corrected chi connectivity index (χ3v) is 1.97. The minimum atomic E-state index is 0.911. The van der Waals surface area contributed by atoms with Gasteiger partial charge in [0.1, 0.15) is 0 Å². The molecule has 12 heavy (non-hydrogen) atoms. The Morgan fingerprint density at radius 2 is 2.17 bits per heavy atom. The molecule has 0 radical (unpaired) electrons. The molecule has 0 atom stereocenters. The van der Waals surface area contributed by atoms with Crippen LogP contribution in [0.5, 0.6) is 0 Å². The Balaban J connectivity index is 3.63. The number of allylic oxidation sites excluding steroid dienone is 1. The Bertz CT molecular complexity index is 393. The summed E-state index contributed by atoms with van der Waals surface area (Å²) in [5.74, 6) is 0. The predicted octanol–water partition coefficient (Wildman–Crippen LogP) is 0.639. The second kappa shape index (κ2) is 4.02. The topological polar surface area (TPSA) is 26.0 Å². The molecule has 0 bridgehead atoms. The molecular formula is C10H11NS. The Hall–Kier alpha value is -1.15. The molecule has 0 aliphatic carbocycles. The molecule has 0 aliphatic rings. The van der Waals surface area contributed by atoms with E-state index in [0.29, 0.717) is 0 Å². The van der Waals surface area contributed by atoms with Gasteiger partial charge in [-0.3, -0.25) is 0 Å². The van der Waals surface area contributed by atoms with Crippen molar-refractivity contribution in [2.45, 2.75) is 4.90 Å². The van der Waals surface area contributed by atoms with Crippen LogP contribution in [0.15, 0.2) is 35.7 Å². The normalized spacial score (nSPS) is 13.4. The highest BCUT2D eigenvalue weighted by atomic mass is 32.1. The van der Waals surface area contributed by atoms with Crippen molar-refractivity contribution in [1.29, 1.82) is 0 Å². The van der Waals surface area contributed by atoms with Gasteiger partial charge < -0.3 is 5.73 Å². The third-order valence-electron chi connectivity index (χ3n) is 1.58. The van der Waals surface area contributed by atoms with Crippen molar-refractivity contribution in [3.8, 4) is 0 Å². The maximum absolute atomic E-state index is 5.44. The minimum absolute atomic E-state index is 0.911. The molecule has 0 spiro atoms. The van der Waals surface area contributed by atoms with Gasteiger partial charge in [0.2, 0.25) is 0 Å². The number of rotatable bonds is 1. The Morgan fingerprint density at radius 1 is 1.42 bits per heavy atom. The van der Waals surface area contributed by atoms with Crippen molar-refractivity contribution >= 4 is 24.9 Å². The molecule has 2 heteroatoms. The fourth-order valence-corrected chi connectivity index (χ4v) is 1.30. The summed E-state index contributed by atoms with van der Waals surface area (Å²) >= 11 is 4.30. The quantitative estimate of drug-likeness (QED) is 0.605. The summed E-state index contributed by atoms with van der Waals surface area (Å²) < 4.78 is 0. The maximum Gasteiger partial charge on any atom is 0.0119 e. The maximum atomic E-state index is 5.44. The highest BCUT2D eigenvalue weighted by Gasteiger charge is 1.88. The molecule has 0 amide bonds. The van der Waals surface area contributed by atoms with E-state index in [2.05, 4.69) is 19.2 Å². The highest BCUT2D eigenvalue weighted by molar-refractivity contribution is 7.80. The Labute approximate surface area is 77.3 Å². The van der Waals surface area contributed by atoms with Crippen LogP contribution in [0.3, 0.4) is 0 Å². The lowest BCUT2D eigenvalue weighted by atomic mass is 10.2. The summed E-state index contributed by atoms with van der Waals surface area (Å²) in [6, 6.07) is 5.78. The Morgan fingerprint density at radius 3 is 2.75 bits per heavy atom. The number of nitrogens with two attached hydrogens (primary N) is 1. The first-order chi connectivity index (χ1) is 5.79. The van der Waals surface area contributed by atoms with Crippen LogP contribution in [-0.2, 0) is 0 Å². The molecule has 1 aromatic carbocycles. The van der Waals surface area contributed by atoms with Gasteiger partial charge >= 0.3 is 0 Å². The van der Waals surface area contributed by atoms with Gasteiger partial charge in [0.15, 0.2) is 0 Å². The first-order valence-electron chi connectivity index (χ1n) is 3.62. The van der Waals surface area contributed by atoms with E-state index in [9.17, 15) is 0 Å². The summed E-state index contributed by atoms with van der Waals surface area (Å²) in [7, 11) is 0. The van der Waals surface area contributed by atoms with Gasteiger partial charge in [-0.25, -0.2) is 0 Å². The molecule has 1 nitrogen and oxygen atoms in total. The van der Waals surface area contributed by atoms with Crippen LogP contribution in [0.4, 0.5) is 0 Å². The van der Waals surface area contributed by atoms with Gasteiger partial charge in [0, 0.05) is 11.1 Å². The lowest BCUT2D eigenvalue weighted by Gasteiger charge is -1.93. The fraction of sp³-hybridized carbons (Fsp3) is 0. The molecule has 0 saturated heterocycles.